The highest BCUT2D eigenvalue weighted by Gasteiger charge is 2.70. The summed E-state index contributed by atoms with van der Waals surface area (Å²) in [4.78, 5) is 70.6. The van der Waals surface area contributed by atoms with E-state index in [1.165, 1.54) is 20.3 Å². The lowest BCUT2D eigenvalue weighted by Gasteiger charge is -2.51. The first-order valence-corrected chi connectivity index (χ1v) is 18.9. The lowest BCUT2D eigenvalue weighted by atomic mass is 9.49. The number of fused-ring (bicyclic) bond motifs is 4. The van der Waals surface area contributed by atoms with Crippen LogP contribution in [0.15, 0.2) is 69.1 Å². The molecule has 12 nitrogen and oxygen atoms in total. The van der Waals surface area contributed by atoms with Gasteiger partial charge in [-0.2, -0.15) is 5.01 Å². The molecule has 3 aromatic rings. The van der Waals surface area contributed by atoms with Gasteiger partial charge >= 0.3 is 5.97 Å². The predicted octanol–water partition coefficient (Wildman–Crippen LogP) is 6.70. The number of hydrogen-bond donors (Lipinski definition) is 3. The van der Waals surface area contributed by atoms with E-state index in [2.05, 4.69) is 37.3 Å². The Balaban J connectivity index is 1.48. The summed E-state index contributed by atoms with van der Waals surface area (Å²) in [6, 6.07) is 13.0. The average Bonchev–Trinajstić information content (AvgIpc) is 3.51. The van der Waals surface area contributed by atoms with Gasteiger partial charge in [-0.3, -0.25) is 34.3 Å². The minimum Gasteiger partial charge on any atom is -0.503 e. The number of imide groups is 2. The van der Waals surface area contributed by atoms with Gasteiger partial charge in [0.05, 0.1) is 59.0 Å². The smallest absolute Gasteiger partial charge is 0.305 e. The van der Waals surface area contributed by atoms with E-state index >= 15 is 4.79 Å². The van der Waals surface area contributed by atoms with E-state index in [9.17, 15) is 29.4 Å². The van der Waals surface area contributed by atoms with Crippen LogP contribution in [-0.4, -0.2) is 70.5 Å². The molecule has 2 saturated heterocycles. The van der Waals surface area contributed by atoms with Gasteiger partial charge in [-0.05, 0) is 98.1 Å². The number of halogens is 4. The molecular weight excluding hydrogens is 861 g/mol. The lowest BCUT2D eigenvalue weighted by Crippen LogP contribution is -2.53. The molecule has 0 bridgehead atoms. The molecule has 6 unspecified atom stereocenters. The van der Waals surface area contributed by atoms with Crippen molar-refractivity contribution in [3.63, 3.8) is 0 Å². The second kappa shape index (κ2) is 13.9. The number of carboxylic acid groups (broad SMARTS) is 1. The number of phenolic OH excluding ortho intramolecular Hbond substituents is 1. The van der Waals surface area contributed by atoms with E-state index in [-0.39, 0.29) is 46.1 Å². The van der Waals surface area contributed by atoms with Gasteiger partial charge in [-0.15, -0.1) is 0 Å². The number of anilines is 1. The third-order valence-corrected chi connectivity index (χ3v) is 13.6. The Kier molecular flexibility index (Phi) is 9.79. The number of nitrogens with one attached hydrogen (secondary N) is 1. The molecule has 16 heteroatoms. The van der Waals surface area contributed by atoms with Gasteiger partial charge in [0.2, 0.25) is 11.8 Å². The Morgan fingerprint density at radius 1 is 0.962 bits per heavy atom. The molecule has 3 aromatic carbocycles. The summed E-state index contributed by atoms with van der Waals surface area (Å²) in [5, 5.41) is 21.8. The Labute approximate surface area is 330 Å². The normalized spacial score (nSPS) is 26.2. The molecule has 6 atom stereocenters. The molecular formula is C37H31Br2Cl2N3O9. The predicted molar refractivity (Wildman–Crippen MR) is 200 cm³/mol. The van der Waals surface area contributed by atoms with Crippen molar-refractivity contribution in [2.75, 3.05) is 26.2 Å². The van der Waals surface area contributed by atoms with E-state index in [0.717, 1.165) is 9.91 Å². The zero-order valence-electron chi connectivity index (χ0n) is 28.1. The number of aromatic hydroxyl groups is 1. The topological polar surface area (TPSA) is 163 Å². The van der Waals surface area contributed by atoms with Crippen molar-refractivity contribution in [2.24, 2.45) is 23.7 Å². The van der Waals surface area contributed by atoms with Gasteiger partial charge in [0.25, 0.3) is 11.8 Å². The average molecular weight is 892 g/mol. The molecule has 0 spiro atoms. The number of amides is 4. The van der Waals surface area contributed by atoms with Crippen molar-refractivity contribution >= 4 is 90.3 Å². The van der Waals surface area contributed by atoms with E-state index in [4.69, 9.17) is 32.7 Å². The summed E-state index contributed by atoms with van der Waals surface area (Å²) in [7, 11) is 2.89. The van der Waals surface area contributed by atoms with Crippen LogP contribution in [0.3, 0.4) is 0 Å². The molecule has 2 heterocycles. The van der Waals surface area contributed by atoms with Crippen LogP contribution in [0.25, 0.3) is 0 Å². The molecule has 3 fully saturated rings. The third kappa shape index (κ3) is 5.71. The number of carbonyl (C=O) groups is 5. The second-order valence-electron chi connectivity index (χ2n) is 13.3. The molecule has 2 aliphatic heterocycles. The van der Waals surface area contributed by atoms with Crippen LogP contribution in [0.1, 0.15) is 36.3 Å². The van der Waals surface area contributed by atoms with Crippen LogP contribution in [0, 0.1) is 23.7 Å². The fourth-order valence-corrected chi connectivity index (χ4v) is 10.1. The van der Waals surface area contributed by atoms with Crippen molar-refractivity contribution < 1.29 is 43.7 Å². The zero-order chi connectivity index (χ0) is 38.1. The van der Waals surface area contributed by atoms with Gasteiger partial charge in [0.1, 0.15) is 5.75 Å². The molecule has 4 amide bonds. The number of carbonyl (C=O) groups excluding carboxylic acids is 4. The van der Waals surface area contributed by atoms with E-state index < -0.39 is 71.0 Å². The summed E-state index contributed by atoms with van der Waals surface area (Å²) in [5.74, 6) is -7.42. The van der Waals surface area contributed by atoms with Crippen LogP contribution in [0.4, 0.5) is 5.69 Å². The van der Waals surface area contributed by atoms with Crippen molar-refractivity contribution in [1.29, 1.82) is 0 Å². The number of carboxylic acids is 1. The van der Waals surface area contributed by atoms with Crippen LogP contribution < -0.4 is 14.9 Å². The number of benzene rings is 3. The summed E-state index contributed by atoms with van der Waals surface area (Å²) in [6.45, 7) is -0.282. The molecule has 7 rings (SSSR count). The number of allylic oxidation sites excluding steroid dienone is 2. The van der Waals surface area contributed by atoms with Gasteiger partial charge in [-0.1, -0.05) is 47.0 Å². The fourth-order valence-electron chi connectivity index (χ4n) is 8.66. The van der Waals surface area contributed by atoms with E-state index in [1.807, 2.05) is 6.08 Å². The first-order valence-electron chi connectivity index (χ1n) is 16.5. The van der Waals surface area contributed by atoms with Crippen molar-refractivity contribution in [3.05, 3.63) is 90.3 Å². The number of methoxy groups -OCH3 is 2. The number of rotatable bonds is 9. The number of hydrazine groups is 1. The Morgan fingerprint density at radius 3 is 2.32 bits per heavy atom. The first kappa shape index (κ1) is 37.2. The molecule has 53 heavy (non-hydrogen) atoms. The SMILES string of the molecule is COc1ccc(C23C(=O)N(Nc4ccc(Cl)cc4Cl)C(=O)C2CC2C(=CCC4C(=O)N(CCC(=O)O)C(=O)C42)C3c2cc(OC)c(O)c(Br)c2Br)cc1. The number of phenols is 1. The second-order valence-corrected chi connectivity index (χ2v) is 15.8. The number of aliphatic carboxylic acids is 1. The largest absolute Gasteiger partial charge is 0.503 e. The highest BCUT2D eigenvalue weighted by molar-refractivity contribution is 9.13. The van der Waals surface area contributed by atoms with Crippen LogP contribution in [-0.2, 0) is 29.4 Å². The summed E-state index contributed by atoms with van der Waals surface area (Å²) in [6.07, 6.45) is 1.60. The van der Waals surface area contributed by atoms with Crippen molar-refractivity contribution in [1.82, 2.24) is 9.91 Å². The van der Waals surface area contributed by atoms with Crippen molar-refractivity contribution in [2.45, 2.75) is 30.6 Å². The number of hydrogen-bond acceptors (Lipinski definition) is 9. The zero-order valence-corrected chi connectivity index (χ0v) is 32.8. The summed E-state index contributed by atoms with van der Waals surface area (Å²) < 4.78 is 11.6. The molecule has 1 saturated carbocycles. The van der Waals surface area contributed by atoms with Gasteiger partial charge in [0, 0.05) is 22.0 Å². The third-order valence-electron chi connectivity index (χ3n) is 10.9. The molecule has 2 aliphatic carbocycles. The standard InChI is InChI=1S/C37H31Br2Cl2N3O9/c1-52-18-6-3-16(4-7-18)37-23(34(49)44(36(37)51)42-25-10-5-17(40)13-24(25)41)14-21-19(29(37)22-15-26(53-2)32(47)31(39)30(22)38)8-9-20-28(21)35(50)43(33(20)48)12-11-27(45)46/h3-8,10,13,15,20-21,23,28-29,42,47H,9,11-12,14H2,1-2H3,(H,45,46). The number of nitrogens with zero attached hydrogens (tertiary/aromatic N) is 2. The Morgan fingerprint density at radius 2 is 1.68 bits per heavy atom. The van der Waals surface area contributed by atoms with Gasteiger partial charge in [-0.25, -0.2) is 0 Å². The number of ether oxygens (including phenoxy) is 2. The minimum atomic E-state index is -1.66. The van der Waals surface area contributed by atoms with Gasteiger partial charge in [0.15, 0.2) is 11.5 Å². The maximum atomic E-state index is 15.5. The van der Waals surface area contributed by atoms with Crippen LogP contribution in [0.2, 0.25) is 10.0 Å². The monoisotopic (exact) mass is 889 g/mol. The number of likely N-dealkylation sites (tertiary alicyclic amines) is 1. The van der Waals surface area contributed by atoms with Crippen molar-refractivity contribution in [3.8, 4) is 17.2 Å². The van der Waals surface area contributed by atoms with Gasteiger partial charge < -0.3 is 19.7 Å². The van der Waals surface area contributed by atoms with Crippen LogP contribution in [0.5, 0.6) is 17.2 Å². The highest BCUT2D eigenvalue weighted by Crippen LogP contribution is 2.65. The maximum absolute atomic E-state index is 15.5. The summed E-state index contributed by atoms with van der Waals surface area (Å²) in [5.41, 5.74) is 3.12. The highest BCUT2D eigenvalue weighted by atomic mass is 79.9. The molecule has 0 aromatic heterocycles. The quantitative estimate of drug-likeness (QED) is 0.156. The Hall–Kier alpha value is -4.11. The molecule has 0 radical (unpaired) electrons. The fraction of sp³-hybridized carbons (Fsp3) is 0.324. The summed E-state index contributed by atoms with van der Waals surface area (Å²) >= 11 is 19.8. The minimum absolute atomic E-state index is 0.00638. The molecule has 276 valence electrons. The molecule has 4 aliphatic rings. The Bertz CT molecular complexity index is 2130. The first-order chi connectivity index (χ1) is 25.3. The lowest BCUT2D eigenvalue weighted by molar-refractivity contribution is -0.143. The van der Waals surface area contributed by atoms with E-state index in [1.54, 1.807) is 42.5 Å². The van der Waals surface area contributed by atoms with Crippen LogP contribution >= 0.6 is 55.1 Å². The van der Waals surface area contributed by atoms with E-state index in [0.29, 0.717) is 31.9 Å². The maximum Gasteiger partial charge on any atom is 0.305 e. The molecule has 3 N–H and O–H groups in total.